The van der Waals surface area contributed by atoms with Crippen LogP contribution in [0.2, 0.25) is 0 Å². The van der Waals surface area contributed by atoms with Crippen LogP contribution in [0.3, 0.4) is 0 Å². The summed E-state index contributed by atoms with van der Waals surface area (Å²) in [5, 5.41) is 2.12. The van der Waals surface area contributed by atoms with Gasteiger partial charge in [0.05, 0.1) is 17.7 Å². The number of hydrogen-bond donors (Lipinski definition) is 0. The fraction of sp³-hybridized carbons (Fsp3) is 0.765. The lowest BCUT2D eigenvalue weighted by Gasteiger charge is -2.41. The SMILES string of the molecule is C[C@H]1CCC[C@H](C)N1C(=O)CN1CCN(Cc2cscn2)CC1. The minimum absolute atomic E-state index is 0.317. The molecule has 2 atom stereocenters. The van der Waals surface area contributed by atoms with Gasteiger partial charge < -0.3 is 4.90 Å². The molecule has 2 fully saturated rings. The number of piperidine rings is 1. The van der Waals surface area contributed by atoms with Crippen molar-refractivity contribution in [3.05, 3.63) is 16.6 Å². The number of carbonyl (C=O) groups excluding carboxylic acids is 1. The molecule has 1 aromatic heterocycles. The predicted octanol–water partition coefficient (Wildman–Crippen LogP) is 2.05. The van der Waals surface area contributed by atoms with Crippen LogP contribution in [0.15, 0.2) is 10.9 Å². The minimum atomic E-state index is 0.317. The van der Waals surface area contributed by atoms with Crippen molar-refractivity contribution in [2.75, 3.05) is 32.7 Å². The zero-order valence-corrected chi connectivity index (χ0v) is 15.1. The highest BCUT2D eigenvalue weighted by Gasteiger charge is 2.30. The van der Waals surface area contributed by atoms with Crippen LogP contribution in [0.25, 0.3) is 0 Å². The molecular formula is C17H28N4OS. The number of rotatable bonds is 4. The normalized spacial score (nSPS) is 27.3. The summed E-state index contributed by atoms with van der Waals surface area (Å²) in [7, 11) is 0. The van der Waals surface area contributed by atoms with Gasteiger partial charge in [0.2, 0.25) is 5.91 Å². The molecule has 1 amide bonds. The predicted molar refractivity (Wildman–Crippen MR) is 93.5 cm³/mol. The maximum Gasteiger partial charge on any atom is 0.237 e. The molecule has 5 nitrogen and oxygen atoms in total. The monoisotopic (exact) mass is 336 g/mol. The third kappa shape index (κ3) is 4.31. The van der Waals surface area contributed by atoms with Crippen molar-refractivity contribution in [2.45, 2.75) is 51.7 Å². The van der Waals surface area contributed by atoms with Gasteiger partial charge in [0.1, 0.15) is 0 Å². The average Bonchev–Trinajstić information content (AvgIpc) is 3.02. The first kappa shape index (κ1) is 16.9. The van der Waals surface area contributed by atoms with Gasteiger partial charge in [-0.05, 0) is 33.1 Å². The van der Waals surface area contributed by atoms with Crippen LogP contribution in [0.1, 0.15) is 38.8 Å². The second-order valence-corrected chi connectivity index (χ2v) is 7.68. The van der Waals surface area contributed by atoms with Crippen LogP contribution >= 0.6 is 11.3 Å². The van der Waals surface area contributed by atoms with Gasteiger partial charge in [0.25, 0.3) is 0 Å². The molecule has 3 rings (SSSR count). The molecule has 2 aliphatic heterocycles. The molecule has 0 spiro atoms. The van der Waals surface area contributed by atoms with Crippen LogP contribution in [0.5, 0.6) is 0 Å². The van der Waals surface area contributed by atoms with Crippen molar-refractivity contribution in [2.24, 2.45) is 0 Å². The van der Waals surface area contributed by atoms with Crippen molar-refractivity contribution in [3.8, 4) is 0 Å². The first-order chi connectivity index (χ1) is 11.1. The Hall–Kier alpha value is -0.980. The smallest absolute Gasteiger partial charge is 0.237 e. The van der Waals surface area contributed by atoms with Crippen LogP contribution < -0.4 is 0 Å². The van der Waals surface area contributed by atoms with E-state index in [2.05, 4.69) is 38.9 Å². The van der Waals surface area contributed by atoms with Gasteiger partial charge in [-0.1, -0.05) is 0 Å². The first-order valence-corrected chi connectivity index (χ1v) is 9.70. The quantitative estimate of drug-likeness (QED) is 0.844. The maximum absolute atomic E-state index is 12.7. The Labute approximate surface area is 143 Å². The van der Waals surface area contributed by atoms with Crippen LogP contribution in [-0.4, -0.2) is 70.4 Å². The molecule has 0 bridgehead atoms. The molecule has 0 aromatic carbocycles. The Balaban J connectivity index is 1.45. The summed E-state index contributed by atoms with van der Waals surface area (Å²) in [6.07, 6.45) is 3.55. The summed E-state index contributed by atoms with van der Waals surface area (Å²) in [5.74, 6) is 0.317. The van der Waals surface area contributed by atoms with Gasteiger partial charge in [-0.25, -0.2) is 4.98 Å². The molecule has 0 aliphatic carbocycles. The van der Waals surface area contributed by atoms with Gasteiger partial charge >= 0.3 is 0 Å². The molecule has 6 heteroatoms. The average molecular weight is 337 g/mol. The molecule has 128 valence electrons. The highest BCUT2D eigenvalue weighted by molar-refractivity contribution is 7.07. The van der Waals surface area contributed by atoms with Gasteiger partial charge in [-0.3, -0.25) is 14.6 Å². The summed E-state index contributed by atoms with van der Waals surface area (Å²) in [6, 6.07) is 0.800. The summed E-state index contributed by atoms with van der Waals surface area (Å²) < 4.78 is 0. The fourth-order valence-electron chi connectivity index (χ4n) is 3.84. The van der Waals surface area contributed by atoms with Crippen molar-refractivity contribution >= 4 is 17.2 Å². The minimum Gasteiger partial charge on any atom is -0.336 e. The zero-order valence-electron chi connectivity index (χ0n) is 14.3. The Morgan fingerprint density at radius 1 is 1.17 bits per heavy atom. The Bertz CT molecular complexity index is 489. The standard InChI is InChI=1S/C17H28N4OS/c1-14-4-3-5-15(2)21(14)17(22)11-20-8-6-19(7-9-20)10-16-12-23-13-18-16/h12-15H,3-11H2,1-2H3/t14-,15-/m0/s1. The Kier molecular flexibility index (Phi) is 5.67. The topological polar surface area (TPSA) is 39.7 Å². The molecule has 0 saturated carbocycles. The number of piperazine rings is 1. The van der Waals surface area contributed by atoms with Crippen LogP contribution in [0, 0.1) is 0 Å². The number of aromatic nitrogens is 1. The number of amides is 1. The number of carbonyl (C=O) groups is 1. The molecule has 1 aromatic rings. The van der Waals surface area contributed by atoms with E-state index in [0.717, 1.165) is 51.3 Å². The summed E-state index contributed by atoms with van der Waals surface area (Å²) in [6.45, 7) is 9.91. The van der Waals surface area contributed by atoms with Crippen molar-refractivity contribution in [1.82, 2.24) is 19.7 Å². The van der Waals surface area contributed by atoms with Crippen molar-refractivity contribution < 1.29 is 4.79 Å². The molecule has 0 N–H and O–H groups in total. The molecular weight excluding hydrogens is 308 g/mol. The summed E-state index contributed by atoms with van der Waals surface area (Å²) in [5.41, 5.74) is 3.06. The van der Waals surface area contributed by atoms with E-state index in [1.54, 1.807) is 11.3 Å². The summed E-state index contributed by atoms with van der Waals surface area (Å²) in [4.78, 5) is 23.9. The molecule has 23 heavy (non-hydrogen) atoms. The highest BCUT2D eigenvalue weighted by atomic mass is 32.1. The largest absolute Gasteiger partial charge is 0.336 e. The first-order valence-electron chi connectivity index (χ1n) is 8.76. The van der Waals surface area contributed by atoms with E-state index in [-0.39, 0.29) is 0 Å². The van der Waals surface area contributed by atoms with E-state index in [9.17, 15) is 4.79 Å². The molecule has 3 heterocycles. The van der Waals surface area contributed by atoms with Crippen molar-refractivity contribution in [3.63, 3.8) is 0 Å². The van der Waals surface area contributed by atoms with E-state index < -0.39 is 0 Å². The Morgan fingerprint density at radius 2 is 1.83 bits per heavy atom. The number of thiazole rings is 1. The van der Waals surface area contributed by atoms with Crippen LogP contribution in [-0.2, 0) is 11.3 Å². The zero-order chi connectivity index (χ0) is 16.2. The van der Waals surface area contributed by atoms with Gasteiger partial charge in [0, 0.05) is 50.2 Å². The highest BCUT2D eigenvalue weighted by Crippen LogP contribution is 2.22. The maximum atomic E-state index is 12.7. The lowest BCUT2D eigenvalue weighted by atomic mass is 9.97. The number of hydrogen-bond acceptors (Lipinski definition) is 5. The second-order valence-electron chi connectivity index (χ2n) is 6.96. The third-order valence-corrected chi connectivity index (χ3v) is 5.81. The van der Waals surface area contributed by atoms with E-state index >= 15 is 0 Å². The van der Waals surface area contributed by atoms with E-state index in [1.807, 2.05) is 5.51 Å². The van der Waals surface area contributed by atoms with Gasteiger partial charge in [-0.15, -0.1) is 11.3 Å². The van der Waals surface area contributed by atoms with Crippen molar-refractivity contribution in [1.29, 1.82) is 0 Å². The Morgan fingerprint density at radius 3 is 2.43 bits per heavy atom. The number of likely N-dealkylation sites (tertiary alicyclic amines) is 1. The van der Waals surface area contributed by atoms with Crippen LogP contribution in [0.4, 0.5) is 0 Å². The lowest BCUT2D eigenvalue weighted by Crippen LogP contribution is -2.54. The van der Waals surface area contributed by atoms with E-state index in [4.69, 9.17) is 0 Å². The second kappa shape index (κ2) is 7.73. The fourth-order valence-corrected chi connectivity index (χ4v) is 4.39. The lowest BCUT2D eigenvalue weighted by molar-refractivity contribution is -0.139. The van der Waals surface area contributed by atoms with Gasteiger partial charge in [0.15, 0.2) is 0 Å². The van der Waals surface area contributed by atoms with E-state index in [0.29, 0.717) is 24.5 Å². The third-order valence-electron chi connectivity index (χ3n) is 5.17. The summed E-state index contributed by atoms with van der Waals surface area (Å²) >= 11 is 1.65. The van der Waals surface area contributed by atoms with Gasteiger partial charge in [-0.2, -0.15) is 0 Å². The molecule has 0 radical (unpaired) electrons. The van der Waals surface area contributed by atoms with E-state index in [1.165, 1.54) is 6.42 Å². The number of nitrogens with zero attached hydrogens (tertiary/aromatic N) is 4. The molecule has 2 aliphatic rings. The molecule has 0 unspecified atom stereocenters. The molecule has 2 saturated heterocycles.